The molecule has 0 fully saturated rings. The molecular weight excluding hydrogens is 508 g/mol. The van der Waals surface area contributed by atoms with E-state index in [4.69, 9.17) is 4.74 Å². The zero-order chi connectivity index (χ0) is 27.9. The van der Waals surface area contributed by atoms with Gasteiger partial charge in [0.1, 0.15) is 17.5 Å². The molecule has 0 atom stereocenters. The highest BCUT2D eigenvalue weighted by atomic mass is 32.2. The van der Waals surface area contributed by atoms with Gasteiger partial charge in [0.05, 0.1) is 25.1 Å². The molecule has 0 saturated heterocycles. The van der Waals surface area contributed by atoms with Crippen LogP contribution in [0.25, 0.3) is 0 Å². The van der Waals surface area contributed by atoms with Gasteiger partial charge in [-0.1, -0.05) is 24.3 Å². The minimum absolute atomic E-state index is 0.00315. The first-order valence-corrected chi connectivity index (χ1v) is 14.2. The molecule has 2 aromatic rings. The van der Waals surface area contributed by atoms with Gasteiger partial charge in [0.25, 0.3) is 0 Å². The maximum absolute atomic E-state index is 12.8. The summed E-state index contributed by atoms with van der Waals surface area (Å²) in [5.74, 6) is 0.916. The normalized spacial score (nSPS) is 13.4. The first-order chi connectivity index (χ1) is 18.0. The number of aliphatic imine (C=N–C) groups is 1. The summed E-state index contributed by atoms with van der Waals surface area (Å²) in [4.78, 5) is 31.4. The predicted molar refractivity (Wildman–Crippen MR) is 145 cm³/mol. The van der Waals surface area contributed by atoms with Crippen LogP contribution < -0.4 is 10.1 Å². The van der Waals surface area contributed by atoms with Gasteiger partial charge >= 0.3 is 6.09 Å². The third-order valence-electron chi connectivity index (χ3n) is 6.40. The average molecular weight is 545 g/mol. The second-order valence-corrected chi connectivity index (χ2v) is 11.3. The largest absolute Gasteiger partial charge is 0.497 e. The number of rotatable bonds is 12. The first-order valence-electron chi connectivity index (χ1n) is 12.5. The maximum atomic E-state index is 12.8. The van der Waals surface area contributed by atoms with Crippen molar-refractivity contribution in [2.75, 3.05) is 39.7 Å². The summed E-state index contributed by atoms with van der Waals surface area (Å²) in [5.41, 5.74) is 2.97. The van der Waals surface area contributed by atoms with Crippen molar-refractivity contribution < 1.29 is 27.9 Å². The molecule has 2 N–H and O–H groups in total. The number of unbranched alkanes of at least 4 members (excludes halogenated alkanes) is 1. The summed E-state index contributed by atoms with van der Waals surface area (Å²) in [5, 5.41) is 12.3. The lowest BCUT2D eigenvalue weighted by Gasteiger charge is -2.18. The van der Waals surface area contributed by atoms with Crippen molar-refractivity contribution in [2.45, 2.75) is 44.6 Å². The molecule has 1 heterocycles. The number of carboxylic acid groups (broad SMARTS) is 1. The zero-order valence-corrected chi connectivity index (χ0v) is 23.2. The van der Waals surface area contributed by atoms with Crippen LogP contribution in [0.2, 0.25) is 0 Å². The fourth-order valence-electron chi connectivity index (χ4n) is 4.52. The van der Waals surface area contributed by atoms with E-state index in [9.17, 15) is 23.1 Å². The molecule has 0 unspecified atom stereocenters. The summed E-state index contributed by atoms with van der Waals surface area (Å²) >= 11 is 0. The lowest BCUT2D eigenvalue weighted by atomic mass is 10.1. The van der Waals surface area contributed by atoms with E-state index in [1.54, 1.807) is 45.0 Å². The van der Waals surface area contributed by atoms with Gasteiger partial charge in [-0.2, -0.15) is 0 Å². The van der Waals surface area contributed by atoms with Crippen LogP contribution in [-0.2, 0) is 21.2 Å². The van der Waals surface area contributed by atoms with Crippen LogP contribution in [0, 0.1) is 13.8 Å². The van der Waals surface area contributed by atoms with Crippen molar-refractivity contribution in [3.8, 4) is 5.75 Å². The molecule has 206 valence electrons. The van der Waals surface area contributed by atoms with Gasteiger partial charge in [0.2, 0.25) is 5.91 Å². The molecule has 11 heteroatoms. The van der Waals surface area contributed by atoms with Crippen molar-refractivity contribution >= 4 is 27.7 Å². The van der Waals surface area contributed by atoms with Crippen LogP contribution in [0.5, 0.6) is 5.75 Å². The third-order valence-corrected chi connectivity index (χ3v) is 8.25. The summed E-state index contributed by atoms with van der Waals surface area (Å²) < 4.78 is 30.8. The van der Waals surface area contributed by atoms with Crippen molar-refractivity contribution in [1.29, 1.82) is 0 Å². The van der Waals surface area contributed by atoms with Crippen LogP contribution in [0.1, 0.15) is 41.5 Å². The van der Waals surface area contributed by atoms with Gasteiger partial charge in [-0.15, -0.1) is 0 Å². The highest BCUT2D eigenvalue weighted by molar-refractivity contribution is 7.91. The summed E-state index contributed by atoms with van der Waals surface area (Å²) in [6.07, 6.45) is 0.659. The Morgan fingerprint density at radius 1 is 1.13 bits per heavy atom. The molecule has 0 radical (unpaired) electrons. The van der Waals surface area contributed by atoms with Gasteiger partial charge in [-0.05, 0) is 62.1 Å². The molecule has 2 amide bonds. The molecule has 0 bridgehead atoms. The number of benzene rings is 2. The SMILES string of the molecule is COc1cc(C)c(S(=O)(=O)CNCCCCC(=O)N(C)Cc2ccc(C3=NCCN3C(=O)O)cc2)c(C)c1. The number of sulfone groups is 1. The topological polar surface area (TPSA) is 129 Å². The van der Waals surface area contributed by atoms with Gasteiger partial charge < -0.3 is 20.1 Å². The Labute approximate surface area is 224 Å². The lowest BCUT2D eigenvalue weighted by Crippen LogP contribution is -2.33. The molecule has 0 aliphatic carbocycles. The Balaban J connectivity index is 1.40. The maximum Gasteiger partial charge on any atom is 0.413 e. The molecule has 2 aromatic carbocycles. The number of nitrogens with one attached hydrogen (secondary N) is 1. The molecule has 0 aromatic heterocycles. The quantitative estimate of drug-likeness (QED) is 0.393. The van der Waals surface area contributed by atoms with E-state index in [1.165, 1.54) is 4.90 Å². The van der Waals surface area contributed by atoms with Gasteiger partial charge in [-0.3, -0.25) is 14.7 Å². The third kappa shape index (κ3) is 7.32. The summed E-state index contributed by atoms with van der Waals surface area (Å²) in [6, 6.07) is 10.8. The predicted octanol–water partition coefficient (Wildman–Crippen LogP) is 3.20. The molecule has 0 saturated carbocycles. The summed E-state index contributed by atoms with van der Waals surface area (Å²) in [6.45, 7) is 5.26. The van der Waals surface area contributed by atoms with Crippen LogP contribution >= 0.6 is 0 Å². The van der Waals surface area contributed by atoms with E-state index in [2.05, 4.69) is 10.3 Å². The van der Waals surface area contributed by atoms with Gasteiger partial charge in [0, 0.05) is 25.6 Å². The second-order valence-electron chi connectivity index (χ2n) is 9.39. The van der Waals surface area contributed by atoms with Crippen molar-refractivity contribution in [2.24, 2.45) is 4.99 Å². The molecule has 3 rings (SSSR count). The van der Waals surface area contributed by atoms with Gasteiger partial charge in [-0.25, -0.2) is 13.2 Å². The van der Waals surface area contributed by atoms with Gasteiger partial charge in [0.15, 0.2) is 9.84 Å². The standard InChI is InChI=1S/C27H36N4O6S/c1-19-15-23(37-4)16-20(2)25(19)38(35,36)18-28-12-6-5-7-24(32)30(3)17-21-8-10-22(11-9-21)26-29-13-14-31(26)27(33)34/h8-11,15-16,28H,5-7,12-14,17-18H2,1-4H3,(H,33,34). The number of hydrogen-bond acceptors (Lipinski definition) is 7. The fraction of sp³-hybridized carbons (Fsp3) is 0.444. The lowest BCUT2D eigenvalue weighted by molar-refractivity contribution is -0.130. The zero-order valence-electron chi connectivity index (χ0n) is 22.4. The number of amidine groups is 1. The second kappa shape index (κ2) is 12.9. The van der Waals surface area contributed by atoms with Crippen LogP contribution in [0.4, 0.5) is 4.79 Å². The highest BCUT2D eigenvalue weighted by Gasteiger charge is 2.24. The molecular formula is C27H36N4O6S. The van der Waals surface area contributed by atoms with E-state index < -0.39 is 15.9 Å². The monoisotopic (exact) mass is 544 g/mol. The first kappa shape index (κ1) is 29.1. The number of nitrogens with zero attached hydrogens (tertiary/aromatic N) is 3. The Kier molecular flexibility index (Phi) is 9.87. The van der Waals surface area contributed by atoms with Crippen molar-refractivity contribution in [3.05, 3.63) is 58.7 Å². The molecule has 38 heavy (non-hydrogen) atoms. The number of methoxy groups -OCH3 is 1. The smallest absolute Gasteiger partial charge is 0.413 e. The number of hydrogen-bond donors (Lipinski definition) is 2. The van der Waals surface area contributed by atoms with E-state index in [-0.39, 0.29) is 11.8 Å². The Bertz CT molecular complexity index is 1270. The van der Waals surface area contributed by atoms with E-state index >= 15 is 0 Å². The van der Waals surface area contributed by atoms with Crippen molar-refractivity contribution in [3.63, 3.8) is 0 Å². The summed E-state index contributed by atoms with van der Waals surface area (Å²) in [7, 11) is -0.201. The fourth-order valence-corrected chi connectivity index (χ4v) is 6.17. The molecule has 1 aliphatic heterocycles. The highest BCUT2D eigenvalue weighted by Crippen LogP contribution is 2.26. The number of amides is 2. The van der Waals surface area contributed by atoms with E-state index in [0.717, 1.165) is 11.1 Å². The molecule has 1 aliphatic rings. The Morgan fingerprint density at radius 3 is 2.39 bits per heavy atom. The minimum atomic E-state index is -3.50. The van der Waals surface area contributed by atoms with Crippen LogP contribution in [0.3, 0.4) is 0 Å². The Hall–Kier alpha value is -3.44. The molecule has 0 spiro atoms. The van der Waals surface area contributed by atoms with Crippen LogP contribution in [-0.4, -0.2) is 80.8 Å². The number of ether oxygens (including phenoxy) is 1. The number of aryl methyl sites for hydroxylation is 2. The average Bonchev–Trinajstić information content (AvgIpc) is 3.36. The number of carbonyl (C=O) groups is 2. The van der Waals surface area contributed by atoms with E-state index in [1.807, 2.05) is 24.3 Å². The molecule has 10 nitrogen and oxygen atoms in total. The minimum Gasteiger partial charge on any atom is -0.497 e. The Morgan fingerprint density at radius 2 is 1.79 bits per heavy atom. The van der Waals surface area contributed by atoms with Crippen molar-refractivity contribution in [1.82, 2.24) is 15.1 Å². The van der Waals surface area contributed by atoms with E-state index in [0.29, 0.717) is 73.0 Å². The van der Waals surface area contributed by atoms with Crippen LogP contribution in [0.15, 0.2) is 46.3 Å². The number of carbonyl (C=O) groups excluding carboxylic acids is 1.